The molecular formula is C10H10. The molecule has 0 atom stereocenters. The van der Waals surface area contributed by atoms with Gasteiger partial charge in [0.1, 0.15) is 0 Å². The van der Waals surface area contributed by atoms with Crippen molar-refractivity contribution in [3.8, 4) is 0 Å². The maximum absolute atomic E-state index is 3.00. The van der Waals surface area contributed by atoms with Crippen LogP contribution in [0.1, 0.15) is 11.1 Å². The van der Waals surface area contributed by atoms with Crippen molar-refractivity contribution in [1.82, 2.24) is 0 Å². The van der Waals surface area contributed by atoms with Crippen molar-refractivity contribution in [2.45, 2.75) is 0 Å². The quantitative estimate of drug-likeness (QED) is 0.481. The molecule has 0 amide bonds. The normalized spacial score (nSPS) is 10.4. The molecule has 0 aliphatic heterocycles. The smallest absolute Gasteiger partial charge is 0.0184 e. The summed E-state index contributed by atoms with van der Waals surface area (Å²) < 4.78 is 0. The van der Waals surface area contributed by atoms with Crippen LogP contribution in [0.4, 0.5) is 0 Å². The molecule has 0 spiro atoms. The zero-order valence-electron chi connectivity index (χ0n) is 5.88. The van der Waals surface area contributed by atoms with Gasteiger partial charge in [0.15, 0.2) is 0 Å². The summed E-state index contributed by atoms with van der Waals surface area (Å²) in [5.74, 6) is 0. The fourth-order valence-electron chi connectivity index (χ4n) is 0.898. The second-order valence-electron chi connectivity index (χ2n) is 1.96. The predicted octanol–water partition coefficient (Wildman–Crippen LogP) is 2.97. The first-order chi connectivity index (χ1) is 4.97. The summed E-state index contributed by atoms with van der Waals surface area (Å²) >= 11 is 0. The van der Waals surface area contributed by atoms with Gasteiger partial charge in [0.05, 0.1) is 0 Å². The summed E-state index contributed by atoms with van der Waals surface area (Å²) in [6.45, 7) is 6.00. The molecule has 10 heavy (non-hydrogen) atoms. The fraction of sp³-hybridized carbons (Fsp3) is 0. The van der Waals surface area contributed by atoms with E-state index in [-0.39, 0.29) is 0 Å². The lowest BCUT2D eigenvalue weighted by Gasteiger charge is -2.06. The molecule has 0 heteroatoms. The van der Waals surface area contributed by atoms with E-state index in [1.807, 2.05) is 0 Å². The molecule has 0 saturated heterocycles. The van der Waals surface area contributed by atoms with E-state index in [4.69, 9.17) is 0 Å². The van der Waals surface area contributed by atoms with Gasteiger partial charge >= 0.3 is 0 Å². The Morgan fingerprint density at radius 3 is 1.40 bits per heavy atom. The van der Waals surface area contributed by atoms with Gasteiger partial charge in [-0.1, -0.05) is 36.4 Å². The van der Waals surface area contributed by atoms with E-state index >= 15 is 0 Å². The first kappa shape index (κ1) is 6.81. The summed E-state index contributed by atoms with van der Waals surface area (Å²) in [6.07, 6.45) is 4.24. The number of hydrogen-bond acceptors (Lipinski definition) is 0. The number of benzene rings is 1. The third-order valence-corrected chi connectivity index (χ3v) is 1.44. The molecule has 0 N–H and O–H groups in total. The maximum Gasteiger partial charge on any atom is -0.0184 e. The van der Waals surface area contributed by atoms with Crippen molar-refractivity contribution in [3.05, 3.63) is 48.6 Å². The largest absolute Gasteiger partial charge is 0.106 e. The third-order valence-electron chi connectivity index (χ3n) is 1.44. The topological polar surface area (TPSA) is 0 Å². The fourth-order valence-corrected chi connectivity index (χ4v) is 0.898. The Labute approximate surface area is 61.5 Å². The van der Waals surface area contributed by atoms with Gasteiger partial charge in [-0.15, -0.1) is 13.2 Å². The highest BCUT2D eigenvalue weighted by atomic mass is 14.0. The van der Waals surface area contributed by atoms with Gasteiger partial charge in [-0.3, -0.25) is 0 Å². The number of hydrogen-bond donors (Lipinski definition) is 0. The number of fused-ring (bicyclic) bond motifs is 1. The van der Waals surface area contributed by atoms with E-state index in [1.165, 1.54) is 11.1 Å². The van der Waals surface area contributed by atoms with Crippen LogP contribution in [0.2, 0.25) is 0 Å². The van der Waals surface area contributed by atoms with Crippen LogP contribution in [0.15, 0.2) is 37.4 Å². The molecule has 0 unspecified atom stereocenters. The van der Waals surface area contributed by atoms with E-state index in [1.54, 1.807) is 0 Å². The van der Waals surface area contributed by atoms with Crippen molar-refractivity contribution >= 4 is 12.2 Å². The van der Waals surface area contributed by atoms with Crippen molar-refractivity contribution in [2.24, 2.45) is 0 Å². The Kier molecular flexibility index (Phi) is 2.06. The molecule has 0 saturated carbocycles. The standard InChI is InChI=1S/C8H6.C2H4/c1-2-4-8-6-5-7(8)3-1;1-2/h1-6H;1-2H2. The van der Waals surface area contributed by atoms with E-state index in [9.17, 15) is 0 Å². The molecule has 0 radical (unpaired) electrons. The average Bonchev–Trinajstić information content (AvgIpc) is 1.96. The van der Waals surface area contributed by atoms with E-state index < -0.39 is 0 Å². The minimum absolute atomic E-state index is 1.37. The summed E-state index contributed by atoms with van der Waals surface area (Å²) in [4.78, 5) is 0. The van der Waals surface area contributed by atoms with Gasteiger partial charge in [-0.2, -0.15) is 0 Å². The summed E-state index contributed by atoms with van der Waals surface area (Å²) in [7, 11) is 0. The lowest BCUT2D eigenvalue weighted by Crippen LogP contribution is -1.85. The maximum atomic E-state index is 3.00. The zero-order chi connectivity index (χ0) is 7.40. The first-order valence-corrected chi connectivity index (χ1v) is 3.24. The predicted molar refractivity (Wildman–Crippen MR) is 46.6 cm³/mol. The third kappa shape index (κ3) is 1.01. The second-order valence-corrected chi connectivity index (χ2v) is 1.96. The molecule has 0 nitrogen and oxygen atoms in total. The van der Waals surface area contributed by atoms with Gasteiger partial charge in [-0.25, -0.2) is 0 Å². The van der Waals surface area contributed by atoms with Gasteiger partial charge in [0.2, 0.25) is 0 Å². The first-order valence-electron chi connectivity index (χ1n) is 3.24. The highest BCUT2D eigenvalue weighted by Crippen LogP contribution is 2.21. The number of rotatable bonds is 0. The van der Waals surface area contributed by atoms with Crippen molar-refractivity contribution < 1.29 is 0 Å². The lowest BCUT2D eigenvalue weighted by atomic mass is 9.99. The highest BCUT2D eigenvalue weighted by molar-refractivity contribution is 5.85. The van der Waals surface area contributed by atoms with Gasteiger partial charge in [-0.05, 0) is 11.1 Å². The molecule has 0 heterocycles. The van der Waals surface area contributed by atoms with Gasteiger partial charge in [0, 0.05) is 0 Å². The Morgan fingerprint density at radius 1 is 0.800 bits per heavy atom. The van der Waals surface area contributed by atoms with Crippen LogP contribution in [0.3, 0.4) is 0 Å². The minimum Gasteiger partial charge on any atom is -0.106 e. The Balaban J connectivity index is 0.000000231. The summed E-state index contributed by atoms with van der Waals surface area (Å²) in [5, 5.41) is 0. The minimum atomic E-state index is 1.37. The van der Waals surface area contributed by atoms with Crippen LogP contribution < -0.4 is 0 Å². The molecular weight excluding hydrogens is 120 g/mol. The van der Waals surface area contributed by atoms with Crippen LogP contribution in [-0.4, -0.2) is 0 Å². The Morgan fingerprint density at radius 2 is 1.20 bits per heavy atom. The molecule has 0 aromatic heterocycles. The average molecular weight is 130 g/mol. The Hall–Kier alpha value is -1.30. The SMILES string of the molecule is C1=Cc2ccccc21.C=C. The van der Waals surface area contributed by atoms with Crippen molar-refractivity contribution in [2.75, 3.05) is 0 Å². The molecule has 0 fully saturated rings. The van der Waals surface area contributed by atoms with Gasteiger partial charge in [0.25, 0.3) is 0 Å². The van der Waals surface area contributed by atoms with Gasteiger partial charge < -0.3 is 0 Å². The molecule has 1 aliphatic rings. The highest BCUT2D eigenvalue weighted by Gasteiger charge is 1.99. The van der Waals surface area contributed by atoms with Crippen LogP contribution in [-0.2, 0) is 0 Å². The molecule has 0 bridgehead atoms. The van der Waals surface area contributed by atoms with Crippen LogP contribution in [0.5, 0.6) is 0 Å². The molecule has 50 valence electrons. The van der Waals surface area contributed by atoms with Crippen LogP contribution in [0, 0.1) is 0 Å². The van der Waals surface area contributed by atoms with E-state index in [0.717, 1.165) is 0 Å². The van der Waals surface area contributed by atoms with E-state index in [0.29, 0.717) is 0 Å². The molecule has 1 aromatic carbocycles. The summed E-state index contributed by atoms with van der Waals surface area (Å²) in [6, 6.07) is 8.36. The zero-order valence-corrected chi connectivity index (χ0v) is 5.88. The van der Waals surface area contributed by atoms with Crippen LogP contribution in [0.25, 0.3) is 12.2 Å². The lowest BCUT2D eigenvalue weighted by molar-refractivity contribution is 1.58. The molecule has 1 aromatic rings. The molecule has 1 aliphatic carbocycles. The summed E-state index contributed by atoms with van der Waals surface area (Å²) in [5.41, 5.74) is 2.74. The monoisotopic (exact) mass is 130 g/mol. The van der Waals surface area contributed by atoms with Crippen molar-refractivity contribution in [1.29, 1.82) is 0 Å². The van der Waals surface area contributed by atoms with E-state index in [2.05, 4.69) is 49.6 Å². The van der Waals surface area contributed by atoms with Crippen LogP contribution >= 0.6 is 0 Å². The molecule has 2 rings (SSSR count). The second kappa shape index (κ2) is 3.02. The van der Waals surface area contributed by atoms with Crippen molar-refractivity contribution in [3.63, 3.8) is 0 Å². The Bertz CT molecular complexity index is 221.